The van der Waals surface area contributed by atoms with Gasteiger partial charge in [-0.2, -0.15) is 8.42 Å². The van der Waals surface area contributed by atoms with Gasteiger partial charge in [-0.05, 0) is 24.3 Å². The monoisotopic (exact) mass is 260 g/mol. The van der Waals surface area contributed by atoms with Crippen molar-refractivity contribution < 1.29 is 27.2 Å². The molecule has 6 nitrogen and oxygen atoms in total. The highest BCUT2D eigenvalue weighted by molar-refractivity contribution is 7.85. The van der Waals surface area contributed by atoms with Crippen molar-refractivity contribution in [2.45, 2.75) is 0 Å². The molecule has 0 saturated carbocycles. The van der Waals surface area contributed by atoms with Crippen molar-refractivity contribution in [3.8, 4) is 5.75 Å². The molecule has 0 aromatic heterocycles. The largest absolute Gasteiger partial charge is 0.497 e. The maximum absolute atomic E-state index is 11.4. The molecule has 17 heavy (non-hydrogen) atoms. The van der Waals surface area contributed by atoms with Gasteiger partial charge in [-0.15, -0.1) is 0 Å². The van der Waals surface area contributed by atoms with E-state index in [1.807, 2.05) is 0 Å². The zero-order chi connectivity index (χ0) is 12.9. The molecule has 1 aromatic rings. The smallest absolute Gasteiger partial charge is 0.338 e. The highest BCUT2D eigenvalue weighted by atomic mass is 32.2. The van der Waals surface area contributed by atoms with Crippen LogP contribution < -0.4 is 4.74 Å². The first-order chi connectivity index (χ1) is 7.92. The number of benzene rings is 1. The molecule has 0 spiro atoms. The lowest BCUT2D eigenvalue weighted by atomic mass is 10.2. The van der Waals surface area contributed by atoms with E-state index in [0.29, 0.717) is 5.75 Å². The molecule has 7 heteroatoms. The van der Waals surface area contributed by atoms with Gasteiger partial charge < -0.3 is 9.47 Å². The Kier molecular flexibility index (Phi) is 4.47. The maximum atomic E-state index is 11.4. The Morgan fingerprint density at radius 3 is 2.35 bits per heavy atom. The average Bonchev–Trinajstić information content (AvgIpc) is 2.27. The molecule has 0 bridgehead atoms. The van der Waals surface area contributed by atoms with Crippen molar-refractivity contribution in [3.63, 3.8) is 0 Å². The van der Waals surface area contributed by atoms with Crippen molar-refractivity contribution >= 4 is 16.1 Å². The van der Waals surface area contributed by atoms with Gasteiger partial charge in [-0.3, -0.25) is 4.55 Å². The fraction of sp³-hybridized carbons (Fsp3) is 0.300. The van der Waals surface area contributed by atoms with Crippen molar-refractivity contribution in [1.29, 1.82) is 0 Å². The van der Waals surface area contributed by atoms with Crippen LogP contribution in [0.15, 0.2) is 24.3 Å². The molecule has 0 saturated heterocycles. The second kappa shape index (κ2) is 5.65. The molecule has 0 atom stereocenters. The van der Waals surface area contributed by atoms with Gasteiger partial charge in [0.2, 0.25) is 0 Å². The number of rotatable bonds is 5. The van der Waals surface area contributed by atoms with Crippen molar-refractivity contribution in [1.82, 2.24) is 0 Å². The van der Waals surface area contributed by atoms with Crippen molar-refractivity contribution in [3.05, 3.63) is 29.8 Å². The Balaban J connectivity index is 2.52. The van der Waals surface area contributed by atoms with E-state index in [2.05, 4.69) is 4.74 Å². The van der Waals surface area contributed by atoms with Gasteiger partial charge in [0.1, 0.15) is 18.1 Å². The molecule has 0 aliphatic rings. The minimum atomic E-state index is -4.11. The first-order valence-corrected chi connectivity index (χ1v) is 6.29. The zero-order valence-corrected chi connectivity index (χ0v) is 9.94. The Hall–Kier alpha value is -1.60. The van der Waals surface area contributed by atoms with Gasteiger partial charge in [0.15, 0.2) is 0 Å². The number of esters is 1. The van der Waals surface area contributed by atoms with Gasteiger partial charge in [0.05, 0.1) is 12.7 Å². The number of ether oxygens (including phenoxy) is 2. The number of carbonyl (C=O) groups is 1. The molecule has 94 valence electrons. The molecule has 0 aliphatic heterocycles. The molecule has 1 N–H and O–H groups in total. The van der Waals surface area contributed by atoms with E-state index in [9.17, 15) is 13.2 Å². The molecule has 0 radical (unpaired) electrons. The Morgan fingerprint density at radius 2 is 1.88 bits per heavy atom. The van der Waals surface area contributed by atoms with E-state index in [1.165, 1.54) is 19.2 Å². The predicted molar refractivity (Wildman–Crippen MR) is 59.7 cm³/mol. The first kappa shape index (κ1) is 13.5. The maximum Gasteiger partial charge on any atom is 0.338 e. The van der Waals surface area contributed by atoms with E-state index >= 15 is 0 Å². The molecular weight excluding hydrogens is 248 g/mol. The Labute approximate surface area is 98.9 Å². The van der Waals surface area contributed by atoms with Gasteiger partial charge in [0.25, 0.3) is 10.1 Å². The Bertz CT molecular complexity index is 476. The van der Waals surface area contributed by atoms with Crippen LogP contribution in [0.2, 0.25) is 0 Å². The normalized spacial score (nSPS) is 10.9. The van der Waals surface area contributed by atoms with Crippen LogP contribution in [0.25, 0.3) is 0 Å². The number of methoxy groups -OCH3 is 1. The molecule has 1 aromatic carbocycles. The summed E-state index contributed by atoms with van der Waals surface area (Å²) in [5, 5.41) is 0. The standard InChI is InChI=1S/C10H12O6S/c1-15-9-4-2-8(3-5-9)10(11)16-6-7-17(12,13)14/h2-5H,6-7H2,1H3,(H,12,13,14). The number of hydrogen-bond acceptors (Lipinski definition) is 5. The summed E-state index contributed by atoms with van der Waals surface area (Å²) in [6, 6.07) is 6.15. The van der Waals surface area contributed by atoms with Crippen LogP contribution >= 0.6 is 0 Å². The minimum absolute atomic E-state index is 0.279. The molecule has 0 unspecified atom stereocenters. The summed E-state index contributed by atoms with van der Waals surface area (Å²) >= 11 is 0. The lowest BCUT2D eigenvalue weighted by Crippen LogP contribution is -2.14. The van der Waals surface area contributed by atoms with Crippen LogP contribution in [0.4, 0.5) is 0 Å². The first-order valence-electron chi connectivity index (χ1n) is 4.69. The third kappa shape index (κ3) is 4.83. The molecule has 0 heterocycles. The summed E-state index contributed by atoms with van der Waals surface area (Å²) in [4.78, 5) is 11.4. The van der Waals surface area contributed by atoms with Crippen molar-refractivity contribution in [2.75, 3.05) is 19.5 Å². The third-order valence-electron chi connectivity index (χ3n) is 1.90. The lowest BCUT2D eigenvalue weighted by molar-refractivity contribution is 0.0528. The summed E-state index contributed by atoms with van der Waals surface area (Å²) in [5.74, 6) is -0.676. The van der Waals surface area contributed by atoms with Gasteiger partial charge >= 0.3 is 5.97 Å². The van der Waals surface area contributed by atoms with E-state index < -0.39 is 21.8 Å². The summed E-state index contributed by atoms with van der Waals surface area (Å²) in [6.07, 6.45) is 0. The molecule has 0 aliphatic carbocycles. The van der Waals surface area contributed by atoms with Crippen LogP contribution in [-0.2, 0) is 14.9 Å². The fourth-order valence-electron chi connectivity index (χ4n) is 1.05. The van der Waals surface area contributed by atoms with Gasteiger partial charge in [-0.25, -0.2) is 4.79 Å². The lowest BCUT2D eigenvalue weighted by Gasteiger charge is -2.04. The van der Waals surface area contributed by atoms with E-state index in [1.54, 1.807) is 12.1 Å². The molecule has 1 rings (SSSR count). The highest BCUT2D eigenvalue weighted by Gasteiger charge is 2.10. The van der Waals surface area contributed by atoms with Crippen molar-refractivity contribution in [2.24, 2.45) is 0 Å². The molecule has 0 fully saturated rings. The van der Waals surface area contributed by atoms with Crippen LogP contribution in [0.3, 0.4) is 0 Å². The fourth-order valence-corrected chi connectivity index (χ4v) is 1.34. The second-order valence-electron chi connectivity index (χ2n) is 3.15. The van der Waals surface area contributed by atoms with Crippen LogP contribution in [-0.4, -0.2) is 38.4 Å². The highest BCUT2D eigenvalue weighted by Crippen LogP contribution is 2.11. The zero-order valence-electron chi connectivity index (χ0n) is 9.12. The quantitative estimate of drug-likeness (QED) is 0.620. The SMILES string of the molecule is COc1ccc(C(=O)OCCS(=O)(=O)O)cc1. The minimum Gasteiger partial charge on any atom is -0.497 e. The van der Waals surface area contributed by atoms with Crippen LogP contribution in [0.5, 0.6) is 5.75 Å². The third-order valence-corrected chi connectivity index (χ3v) is 2.58. The predicted octanol–water partition coefficient (Wildman–Crippen LogP) is 0.740. The van der Waals surface area contributed by atoms with Crippen LogP contribution in [0.1, 0.15) is 10.4 Å². The summed E-state index contributed by atoms with van der Waals surface area (Å²) in [5.41, 5.74) is 0.279. The van der Waals surface area contributed by atoms with E-state index in [4.69, 9.17) is 9.29 Å². The summed E-state index contributed by atoms with van der Waals surface area (Å²) < 4.78 is 38.8. The van der Waals surface area contributed by atoms with Gasteiger partial charge in [0, 0.05) is 0 Å². The number of carbonyl (C=O) groups excluding carboxylic acids is 1. The van der Waals surface area contributed by atoms with E-state index in [-0.39, 0.29) is 12.2 Å². The second-order valence-corrected chi connectivity index (χ2v) is 4.72. The topological polar surface area (TPSA) is 89.9 Å². The summed E-state index contributed by atoms with van der Waals surface area (Å²) in [6.45, 7) is -0.385. The Morgan fingerprint density at radius 1 is 1.29 bits per heavy atom. The molecular formula is C10H12O6S. The average molecular weight is 260 g/mol. The van der Waals surface area contributed by atoms with E-state index in [0.717, 1.165) is 0 Å². The summed E-state index contributed by atoms with van der Waals surface area (Å²) in [7, 11) is -2.61. The molecule has 0 amide bonds. The van der Waals surface area contributed by atoms with Crippen LogP contribution in [0, 0.1) is 0 Å². The van der Waals surface area contributed by atoms with Gasteiger partial charge in [-0.1, -0.05) is 0 Å². The number of hydrogen-bond donors (Lipinski definition) is 1.